The Kier molecular flexibility index (Phi) is 4.27. The van der Waals surface area contributed by atoms with Crippen molar-refractivity contribution in [3.63, 3.8) is 0 Å². The predicted molar refractivity (Wildman–Crippen MR) is 99.1 cm³/mol. The number of likely N-dealkylation sites (tertiary alicyclic amines) is 2. The minimum atomic E-state index is -0.180. The highest BCUT2D eigenvalue weighted by Crippen LogP contribution is 2.44. The summed E-state index contributed by atoms with van der Waals surface area (Å²) >= 11 is 0. The van der Waals surface area contributed by atoms with Crippen molar-refractivity contribution in [3.05, 3.63) is 23.7 Å². The second kappa shape index (κ2) is 6.60. The number of fused-ring (bicyclic) bond motifs is 2. The molecule has 26 heavy (non-hydrogen) atoms. The Balaban J connectivity index is 1.64. The molecule has 2 atom stereocenters. The van der Waals surface area contributed by atoms with Crippen molar-refractivity contribution < 1.29 is 4.79 Å². The van der Waals surface area contributed by atoms with Crippen LogP contribution in [0.1, 0.15) is 39.0 Å². The van der Waals surface area contributed by atoms with Crippen molar-refractivity contribution in [2.24, 2.45) is 15.9 Å². The van der Waals surface area contributed by atoms with Crippen LogP contribution in [0.2, 0.25) is 0 Å². The fourth-order valence-corrected chi connectivity index (χ4v) is 4.60. The van der Waals surface area contributed by atoms with Crippen LogP contribution in [0.4, 0.5) is 0 Å². The maximum atomic E-state index is 12.5. The smallest absolute Gasteiger partial charge is 0.237 e. The summed E-state index contributed by atoms with van der Waals surface area (Å²) in [6, 6.07) is 2.01. The van der Waals surface area contributed by atoms with Crippen LogP contribution in [-0.2, 0) is 4.79 Å². The molecule has 4 rings (SSSR count). The summed E-state index contributed by atoms with van der Waals surface area (Å²) in [5, 5.41) is 12.1. The summed E-state index contributed by atoms with van der Waals surface area (Å²) in [4.78, 5) is 25.7. The third-order valence-corrected chi connectivity index (χ3v) is 6.07. The number of amides is 1. The summed E-state index contributed by atoms with van der Waals surface area (Å²) < 4.78 is 0. The number of nitrogens with one attached hydrogen (secondary N) is 1. The van der Waals surface area contributed by atoms with E-state index in [1.807, 2.05) is 17.2 Å². The molecule has 0 aromatic heterocycles. The van der Waals surface area contributed by atoms with E-state index in [1.54, 1.807) is 6.34 Å². The molecule has 1 spiro atoms. The normalized spacial score (nSPS) is 30.2. The molecule has 4 aliphatic heterocycles. The maximum Gasteiger partial charge on any atom is 0.237 e. The number of rotatable bonds is 2. The molecule has 136 valence electrons. The van der Waals surface area contributed by atoms with E-state index >= 15 is 0 Å². The second-order valence-electron chi connectivity index (χ2n) is 7.55. The molecule has 2 bridgehead atoms. The van der Waals surface area contributed by atoms with Gasteiger partial charge in [0.05, 0.1) is 11.6 Å². The van der Waals surface area contributed by atoms with E-state index < -0.39 is 0 Å². The minimum absolute atomic E-state index is 0.0355. The van der Waals surface area contributed by atoms with Gasteiger partial charge in [-0.2, -0.15) is 5.26 Å². The molecule has 0 aromatic carbocycles. The van der Waals surface area contributed by atoms with Crippen LogP contribution in [0.3, 0.4) is 0 Å². The molecule has 2 fully saturated rings. The molecule has 4 aliphatic rings. The Morgan fingerprint density at radius 2 is 2.38 bits per heavy atom. The lowest BCUT2D eigenvalue weighted by atomic mass is 9.71. The van der Waals surface area contributed by atoms with Gasteiger partial charge in [0.25, 0.3) is 0 Å². The Morgan fingerprint density at radius 3 is 3.19 bits per heavy atom. The molecule has 1 amide bonds. The first kappa shape index (κ1) is 16.8. The monoisotopic (exact) mass is 352 g/mol. The van der Waals surface area contributed by atoms with Crippen LogP contribution in [0.15, 0.2) is 33.7 Å². The van der Waals surface area contributed by atoms with Gasteiger partial charge < -0.3 is 15.1 Å². The van der Waals surface area contributed by atoms with E-state index in [0.717, 1.165) is 62.5 Å². The Morgan fingerprint density at radius 1 is 1.50 bits per heavy atom. The first-order chi connectivity index (χ1) is 12.6. The molecule has 2 saturated heterocycles. The number of hydrogen-bond acceptors (Lipinski definition) is 6. The largest absolute Gasteiger partial charge is 0.354 e. The van der Waals surface area contributed by atoms with Crippen LogP contribution in [0.5, 0.6) is 0 Å². The van der Waals surface area contributed by atoms with Crippen molar-refractivity contribution in [2.75, 3.05) is 19.6 Å². The summed E-state index contributed by atoms with van der Waals surface area (Å²) in [5.74, 6) is 2.27. The van der Waals surface area contributed by atoms with E-state index in [1.165, 1.54) is 0 Å². The van der Waals surface area contributed by atoms with Crippen molar-refractivity contribution in [1.29, 1.82) is 5.26 Å². The van der Waals surface area contributed by atoms with Gasteiger partial charge in [0.15, 0.2) is 0 Å². The van der Waals surface area contributed by atoms with Crippen LogP contribution in [0, 0.1) is 17.2 Å². The molecule has 4 heterocycles. The number of carbonyl (C=O) groups is 1. The highest BCUT2D eigenvalue weighted by atomic mass is 16.2. The predicted octanol–water partition coefficient (Wildman–Crippen LogP) is 1.76. The number of amidine groups is 1. The number of allylic oxidation sites excluding steroid dienone is 1. The quantitative estimate of drug-likeness (QED) is 0.821. The van der Waals surface area contributed by atoms with Gasteiger partial charge in [-0.1, -0.05) is 6.92 Å². The van der Waals surface area contributed by atoms with Gasteiger partial charge in [0, 0.05) is 37.8 Å². The van der Waals surface area contributed by atoms with E-state index in [0.29, 0.717) is 5.92 Å². The van der Waals surface area contributed by atoms with Crippen molar-refractivity contribution >= 4 is 18.1 Å². The Bertz CT molecular complexity index is 773. The van der Waals surface area contributed by atoms with Gasteiger partial charge in [-0.25, -0.2) is 9.98 Å². The molecule has 0 saturated carbocycles. The topological polar surface area (TPSA) is 84.1 Å². The minimum Gasteiger partial charge on any atom is -0.354 e. The van der Waals surface area contributed by atoms with Crippen LogP contribution in [-0.4, -0.2) is 53.1 Å². The fraction of sp³-hybridized carbons (Fsp3) is 0.579. The molecule has 1 N–H and O–H groups in total. The van der Waals surface area contributed by atoms with Gasteiger partial charge in [-0.15, -0.1) is 0 Å². The second-order valence-corrected chi connectivity index (χ2v) is 7.55. The number of hydrogen-bond donors (Lipinski definition) is 1. The highest BCUT2D eigenvalue weighted by Gasteiger charge is 2.54. The third kappa shape index (κ3) is 2.70. The van der Waals surface area contributed by atoms with Crippen LogP contribution in [0.25, 0.3) is 0 Å². The number of nitrogens with zero attached hydrogens (tertiary/aromatic N) is 5. The van der Waals surface area contributed by atoms with Gasteiger partial charge in [-0.05, 0) is 31.3 Å². The zero-order valence-corrected chi connectivity index (χ0v) is 15.1. The standard InChI is InChI=1S/C19H24N6O/c1-14-11-25(17(26)4-7-20)19(14)6-2-3-9-24(12-19)18-15-5-8-21-16(10-15)22-13-23-18/h5,8,13-14H,2-4,6,9-12H2,1H3,(H,21,22,23). The zero-order valence-electron chi connectivity index (χ0n) is 15.1. The first-order valence-electron chi connectivity index (χ1n) is 9.32. The number of aliphatic imine (C=N–C) groups is 2. The molecule has 2 unspecified atom stereocenters. The molecule has 0 aliphatic carbocycles. The molecular formula is C19H24N6O. The summed E-state index contributed by atoms with van der Waals surface area (Å²) in [5.41, 5.74) is 0.982. The summed E-state index contributed by atoms with van der Waals surface area (Å²) in [7, 11) is 0. The number of carbonyl (C=O) groups excluding carboxylic acids is 1. The van der Waals surface area contributed by atoms with Crippen molar-refractivity contribution in [2.45, 2.75) is 44.6 Å². The average molecular weight is 352 g/mol. The van der Waals surface area contributed by atoms with Gasteiger partial charge >= 0.3 is 0 Å². The lowest BCUT2D eigenvalue weighted by molar-refractivity contribution is -0.158. The third-order valence-electron chi connectivity index (χ3n) is 6.07. The van der Waals surface area contributed by atoms with E-state index in [2.05, 4.69) is 33.2 Å². The Labute approximate surface area is 153 Å². The number of nitriles is 1. The lowest BCUT2D eigenvalue weighted by Gasteiger charge is -2.59. The van der Waals surface area contributed by atoms with Gasteiger partial charge in [0.1, 0.15) is 24.4 Å². The lowest BCUT2D eigenvalue weighted by Crippen LogP contribution is -2.71. The SMILES string of the molecule is CC1CN(C(=O)CC#N)C12CCCCN(C1=C3C=CNC(=NC=N1)C3)C2. The van der Waals surface area contributed by atoms with Crippen molar-refractivity contribution in [3.8, 4) is 6.07 Å². The molecule has 0 aromatic rings. The molecule has 7 heteroatoms. The summed E-state index contributed by atoms with van der Waals surface area (Å²) in [6.45, 7) is 4.68. The van der Waals surface area contributed by atoms with Crippen LogP contribution >= 0.6 is 0 Å². The van der Waals surface area contributed by atoms with Gasteiger partial charge in [0.2, 0.25) is 5.91 Å². The van der Waals surface area contributed by atoms with Crippen molar-refractivity contribution in [1.82, 2.24) is 15.1 Å². The summed E-state index contributed by atoms with van der Waals surface area (Å²) in [6.07, 6.45) is 9.48. The molecule has 7 nitrogen and oxygen atoms in total. The molecule has 0 radical (unpaired) electrons. The highest BCUT2D eigenvalue weighted by molar-refractivity contribution is 5.93. The first-order valence-corrected chi connectivity index (χ1v) is 9.32. The van der Waals surface area contributed by atoms with E-state index in [-0.39, 0.29) is 17.9 Å². The average Bonchev–Trinajstić information content (AvgIpc) is 2.95. The zero-order chi connectivity index (χ0) is 18.1. The van der Waals surface area contributed by atoms with E-state index in [9.17, 15) is 4.79 Å². The maximum absolute atomic E-state index is 12.5. The van der Waals surface area contributed by atoms with Gasteiger partial charge in [-0.3, -0.25) is 4.79 Å². The Hall–Kier alpha value is -2.62. The molecular weight excluding hydrogens is 328 g/mol. The van der Waals surface area contributed by atoms with Crippen LogP contribution < -0.4 is 5.32 Å². The van der Waals surface area contributed by atoms with E-state index in [4.69, 9.17) is 5.26 Å². The fourth-order valence-electron chi connectivity index (χ4n) is 4.60.